The van der Waals surface area contributed by atoms with E-state index < -0.39 is 0 Å². The van der Waals surface area contributed by atoms with Gasteiger partial charge in [-0.1, -0.05) is 18.2 Å². The highest BCUT2D eigenvalue weighted by atomic mass is 32.1. The van der Waals surface area contributed by atoms with Gasteiger partial charge < -0.3 is 0 Å². The Balaban J connectivity index is 2.07. The Morgan fingerprint density at radius 3 is 3.00 bits per heavy atom. The highest BCUT2D eigenvalue weighted by Gasteiger charge is 2.15. The molecule has 0 saturated heterocycles. The molecule has 2 heterocycles. The van der Waals surface area contributed by atoms with Crippen molar-refractivity contribution in [1.82, 2.24) is 19.2 Å². The molecule has 1 aromatic carbocycles. The van der Waals surface area contributed by atoms with Crippen LogP contribution in [0.3, 0.4) is 0 Å². The molecule has 0 spiro atoms. The van der Waals surface area contributed by atoms with Crippen molar-refractivity contribution in [2.75, 3.05) is 0 Å². The SMILES string of the molecule is NNC(c1ccc2cccnc2c1)c1cnsn1. The Morgan fingerprint density at radius 1 is 1.28 bits per heavy atom. The largest absolute Gasteiger partial charge is 0.271 e. The van der Waals surface area contributed by atoms with E-state index in [1.807, 2.05) is 30.3 Å². The number of rotatable bonds is 3. The van der Waals surface area contributed by atoms with Gasteiger partial charge in [-0.2, -0.15) is 8.75 Å². The van der Waals surface area contributed by atoms with Crippen LogP contribution in [-0.2, 0) is 0 Å². The van der Waals surface area contributed by atoms with Gasteiger partial charge in [0, 0.05) is 11.6 Å². The Bertz CT molecular complexity index is 652. The zero-order valence-electron chi connectivity index (χ0n) is 9.45. The molecule has 0 bridgehead atoms. The van der Waals surface area contributed by atoms with Crippen LogP contribution in [0.15, 0.2) is 42.7 Å². The van der Waals surface area contributed by atoms with E-state index in [1.54, 1.807) is 12.4 Å². The number of nitrogens with zero attached hydrogens (tertiary/aromatic N) is 3. The molecule has 5 nitrogen and oxygen atoms in total. The van der Waals surface area contributed by atoms with Crippen molar-refractivity contribution >= 4 is 22.6 Å². The summed E-state index contributed by atoms with van der Waals surface area (Å²) in [5, 5.41) is 1.11. The Hall–Kier alpha value is -1.89. The van der Waals surface area contributed by atoms with Crippen molar-refractivity contribution < 1.29 is 0 Å². The van der Waals surface area contributed by atoms with Crippen molar-refractivity contribution in [1.29, 1.82) is 0 Å². The van der Waals surface area contributed by atoms with Gasteiger partial charge in [-0.3, -0.25) is 10.8 Å². The molecule has 1 unspecified atom stereocenters. The first kappa shape index (κ1) is 11.2. The van der Waals surface area contributed by atoms with Gasteiger partial charge in [0.25, 0.3) is 0 Å². The lowest BCUT2D eigenvalue weighted by atomic mass is 10.0. The average molecular weight is 257 g/mol. The number of fused-ring (bicyclic) bond motifs is 1. The lowest BCUT2D eigenvalue weighted by molar-refractivity contribution is 0.626. The van der Waals surface area contributed by atoms with Crippen LogP contribution in [0.5, 0.6) is 0 Å². The second-order valence-corrected chi connectivity index (χ2v) is 4.44. The highest BCUT2D eigenvalue weighted by molar-refractivity contribution is 6.99. The molecule has 3 aromatic rings. The van der Waals surface area contributed by atoms with Crippen LogP contribution in [0.4, 0.5) is 0 Å². The summed E-state index contributed by atoms with van der Waals surface area (Å²) in [4.78, 5) is 4.34. The topological polar surface area (TPSA) is 76.7 Å². The minimum Gasteiger partial charge on any atom is -0.271 e. The zero-order chi connectivity index (χ0) is 12.4. The fourth-order valence-corrected chi connectivity index (χ4v) is 2.36. The molecule has 1 atom stereocenters. The quantitative estimate of drug-likeness (QED) is 0.551. The van der Waals surface area contributed by atoms with Crippen molar-refractivity contribution in [2.24, 2.45) is 5.84 Å². The maximum Gasteiger partial charge on any atom is 0.0970 e. The van der Waals surface area contributed by atoms with Crippen LogP contribution in [0, 0.1) is 0 Å². The summed E-state index contributed by atoms with van der Waals surface area (Å²) in [5.41, 5.74) is 5.55. The van der Waals surface area contributed by atoms with Crippen LogP contribution in [0.25, 0.3) is 10.9 Å². The molecular formula is C12H11N5S. The number of hydrazine groups is 1. The number of hydrogen-bond donors (Lipinski definition) is 2. The van der Waals surface area contributed by atoms with E-state index in [1.165, 1.54) is 11.7 Å². The van der Waals surface area contributed by atoms with E-state index in [-0.39, 0.29) is 6.04 Å². The second kappa shape index (κ2) is 4.77. The molecule has 3 N–H and O–H groups in total. The van der Waals surface area contributed by atoms with Crippen molar-refractivity contribution in [2.45, 2.75) is 6.04 Å². The fraction of sp³-hybridized carbons (Fsp3) is 0.0833. The summed E-state index contributed by atoms with van der Waals surface area (Å²) in [6.07, 6.45) is 3.50. The van der Waals surface area contributed by atoms with Crippen LogP contribution in [-0.4, -0.2) is 13.7 Å². The molecule has 3 rings (SSSR count). The fourth-order valence-electron chi connectivity index (χ4n) is 1.91. The van der Waals surface area contributed by atoms with Gasteiger partial charge in [-0.25, -0.2) is 5.43 Å². The number of nitrogens with one attached hydrogen (secondary N) is 1. The van der Waals surface area contributed by atoms with Gasteiger partial charge >= 0.3 is 0 Å². The summed E-state index contributed by atoms with van der Waals surface area (Å²) in [6, 6.07) is 9.86. The number of aromatic nitrogens is 3. The predicted octanol–water partition coefficient (Wildman–Crippen LogP) is 1.64. The molecule has 0 aliphatic carbocycles. The molecule has 0 aliphatic rings. The first-order valence-corrected chi connectivity index (χ1v) is 6.20. The summed E-state index contributed by atoms with van der Waals surface area (Å²) in [5.74, 6) is 5.61. The molecule has 0 amide bonds. The average Bonchev–Trinajstić information content (AvgIpc) is 2.93. The number of hydrogen-bond acceptors (Lipinski definition) is 6. The minimum absolute atomic E-state index is 0.157. The summed E-state index contributed by atoms with van der Waals surface area (Å²) in [7, 11) is 0. The van der Waals surface area contributed by atoms with Gasteiger partial charge in [-0.05, 0) is 17.7 Å². The summed E-state index contributed by atoms with van der Waals surface area (Å²) in [6.45, 7) is 0. The van der Waals surface area contributed by atoms with E-state index in [4.69, 9.17) is 5.84 Å². The second-order valence-electron chi connectivity index (χ2n) is 3.89. The molecule has 0 saturated carbocycles. The lowest BCUT2D eigenvalue weighted by Gasteiger charge is -2.13. The third kappa shape index (κ3) is 1.97. The molecule has 18 heavy (non-hydrogen) atoms. The maximum absolute atomic E-state index is 5.61. The Labute approximate surface area is 108 Å². The normalized spacial score (nSPS) is 12.7. The van der Waals surface area contributed by atoms with Crippen molar-refractivity contribution in [3.05, 3.63) is 54.0 Å². The molecule has 0 radical (unpaired) electrons. The van der Waals surface area contributed by atoms with E-state index >= 15 is 0 Å². The number of pyridine rings is 1. The monoisotopic (exact) mass is 257 g/mol. The minimum atomic E-state index is -0.157. The Morgan fingerprint density at radius 2 is 2.22 bits per heavy atom. The van der Waals surface area contributed by atoms with Gasteiger partial charge in [0.1, 0.15) is 0 Å². The standard InChI is InChI=1S/C12H11N5S/c13-16-12(11-7-15-18-17-11)9-4-3-8-2-1-5-14-10(8)6-9/h1-7,12,16H,13H2. The molecular weight excluding hydrogens is 246 g/mol. The van der Waals surface area contributed by atoms with Crippen LogP contribution in [0.1, 0.15) is 17.3 Å². The highest BCUT2D eigenvalue weighted by Crippen LogP contribution is 2.23. The maximum atomic E-state index is 5.61. The van der Waals surface area contributed by atoms with Crippen LogP contribution >= 0.6 is 11.7 Å². The van der Waals surface area contributed by atoms with Gasteiger partial charge in [0.15, 0.2) is 0 Å². The van der Waals surface area contributed by atoms with E-state index in [0.717, 1.165) is 22.2 Å². The van der Waals surface area contributed by atoms with Crippen molar-refractivity contribution in [3.63, 3.8) is 0 Å². The molecule has 0 fully saturated rings. The predicted molar refractivity (Wildman–Crippen MR) is 70.8 cm³/mol. The first-order valence-electron chi connectivity index (χ1n) is 5.47. The first-order chi connectivity index (χ1) is 8.88. The van der Waals surface area contributed by atoms with E-state index in [9.17, 15) is 0 Å². The van der Waals surface area contributed by atoms with Gasteiger partial charge in [-0.15, -0.1) is 0 Å². The summed E-state index contributed by atoms with van der Waals surface area (Å²) < 4.78 is 8.21. The van der Waals surface area contributed by atoms with Crippen LogP contribution in [0.2, 0.25) is 0 Å². The Kier molecular flexibility index (Phi) is 2.97. The lowest BCUT2D eigenvalue weighted by Crippen LogP contribution is -2.29. The smallest absolute Gasteiger partial charge is 0.0970 e. The van der Waals surface area contributed by atoms with Crippen molar-refractivity contribution in [3.8, 4) is 0 Å². The zero-order valence-corrected chi connectivity index (χ0v) is 10.3. The molecule has 0 aliphatic heterocycles. The number of nitrogens with two attached hydrogens (primary N) is 1. The third-order valence-electron chi connectivity index (χ3n) is 2.80. The molecule has 90 valence electrons. The van der Waals surface area contributed by atoms with Gasteiger partial charge in [0.05, 0.1) is 35.2 Å². The van der Waals surface area contributed by atoms with Crippen LogP contribution < -0.4 is 11.3 Å². The van der Waals surface area contributed by atoms with E-state index in [0.29, 0.717) is 0 Å². The summed E-state index contributed by atoms with van der Waals surface area (Å²) >= 11 is 1.17. The molecule has 6 heteroatoms. The number of benzene rings is 1. The van der Waals surface area contributed by atoms with E-state index in [2.05, 4.69) is 19.2 Å². The third-order valence-corrected chi connectivity index (χ3v) is 3.30. The molecule has 2 aromatic heterocycles. The van der Waals surface area contributed by atoms with Gasteiger partial charge in [0.2, 0.25) is 0 Å².